The number of hydrogen-bond donors (Lipinski definition) is 1. The number of hydrogen-bond acceptors (Lipinski definition) is 7. The van der Waals surface area contributed by atoms with E-state index in [1.807, 2.05) is 15.9 Å². The number of fused-ring (bicyclic) bond motifs is 5. The number of pyridine rings is 1. The van der Waals surface area contributed by atoms with Crippen LogP contribution in [0, 0.1) is 23.7 Å². The highest BCUT2D eigenvalue weighted by Gasteiger charge is 2.36. The first kappa shape index (κ1) is 31.5. The van der Waals surface area contributed by atoms with E-state index in [0.29, 0.717) is 89.3 Å². The summed E-state index contributed by atoms with van der Waals surface area (Å²) >= 11 is 0. The number of benzene rings is 1. The van der Waals surface area contributed by atoms with Gasteiger partial charge in [-0.3, -0.25) is 19.3 Å². The number of carbonyl (C=O) groups excluding carboxylic acids is 3. The number of ether oxygens (including phenoxy) is 2. The first-order chi connectivity index (χ1) is 22.0. The third-order valence-electron chi connectivity index (χ3n) is 10.2. The van der Waals surface area contributed by atoms with Crippen LogP contribution in [0.3, 0.4) is 0 Å². The van der Waals surface area contributed by atoms with E-state index in [1.165, 1.54) is 5.56 Å². The maximum Gasteiger partial charge on any atom is 0.270 e. The van der Waals surface area contributed by atoms with E-state index in [4.69, 9.17) is 9.47 Å². The Labute approximate surface area is 266 Å². The molecule has 3 saturated heterocycles. The van der Waals surface area contributed by atoms with Crippen LogP contribution in [0.5, 0.6) is 5.88 Å². The van der Waals surface area contributed by atoms with Gasteiger partial charge in [-0.2, -0.15) is 0 Å². The molecule has 4 atom stereocenters. The van der Waals surface area contributed by atoms with Crippen LogP contribution in [0.15, 0.2) is 48.5 Å². The molecule has 0 aliphatic carbocycles. The van der Waals surface area contributed by atoms with Crippen molar-refractivity contribution in [3.63, 3.8) is 0 Å². The van der Waals surface area contributed by atoms with Crippen LogP contribution in [0.1, 0.15) is 54.6 Å². The standard InChI is InChI=1S/C35H47N5O5/c41-33(39-16-19-44-20-17-39)21-28-11-15-40-25-30(28)12-18-45-32-8-4-7-31(37-32)35(43)36-13-9-29-24-38(14-10-27(29)22-34(40)42)23-26-5-2-1-3-6-26/h1-8,27-30H,9-25H2,(H,36,43)/t27-,28-,29-,30-/m0/s1. The molecule has 0 spiro atoms. The second-order valence-corrected chi connectivity index (χ2v) is 13.1. The number of amides is 3. The summed E-state index contributed by atoms with van der Waals surface area (Å²) in [7, 11) is 0. The van der Waals surface area contributed by atoms with E-state index >= 15 is 0 Å². The summed E-state index contributed by atoms with van der Waals surface area (Å²) in [6, 6.07) is 15.8. The Morgan fingerprint density at radius 3 is 2.53 bits per heavy atom. The Morgan fingerprint density at radius 1 is 0.844 bits per heavy atom. The molecule has 1 aromatic heterocycles. The quantitative estimate of drug-likeness (QED) is 0.562. The minimum atomic E-state index is -0.210. The number of nitrogens with one attached hydrogen (secondary N) is 1. The largest absolute Gasteiger partial charge is 0.478 e. The lowest BCUT2D eigenvalue weighted by atomic mass is 9.79. The second kappa shape index (κ2) is 15.2. The van der Waals surface area contributed by atoms with Gasteiger partial charge in [0.25, 0.3) is 5.91 Å². The molecule has 242 valence electrons. The lowest BCUT2D eigenvalue weighted by molar-refractivity contribution is -0.139. The molecule has 3 fully saturated rings. The van der Waals surface area contributed by atoms with Crippen molar-refractivity contribution in [1.29, 1.82) is 0 Å². The second-order valence-electron chi connectivity index (χ2n) is 13.1. The molecule has 4 aliphatic rings. The number of aromatic nitrogens is 1. The fourth-order valence-electron chi connectivity index (χ4n) is 7.56. The van der Waals surface area contributed by atoms with Crippen molar-refractivity contribution < 1.29 is 23.9 Å². The summed E-state index contributed by atoms with van der Waals surface area (Å²) in [5, 5.41) is 3.07. The van der Waals surface area contributed by atoms with Gasteiger partial charge in [0.05, 0.1) is 19.8 Å². The number of piperidine rings is 2. The van der Waals surface area contributed by atoms with Crippen molar-refractivity contribution in [3.8, 4) is 5.88 Å². The fraction of sp³-hybridized carbons (Fsp3) is 0.600. The van der Waals surface area contributed by atoms with Gasteiger partial charge in [0, 0.05) is 64.7 Å². The maximum atomic E-state index is 13.9. The molecule has 0 saturated carbocycles. The number of morpholine rings is 1. The Balaban J connectivity index is 1.17. The molecule has 4 aliphatic heterocycles. The van der Waals surface area contributed by atoms with Gasteiger partial charge < -0.3 is 24.6 Å². The van der Waals surface area contributed by atoms with Crippen molar-refractivity contribution >= 4 is 17.7 Å². The van der Waals surface area contributed by atoms with E-state index < -0.39 is 0 Å². The third kappa shape index (κ3) is 8.41. The number of carbonyl (C=O) groups is 3. The lowest BCUT2D eigenvalue weighted by Gasteiger charge is -2.42. The van der Waals surface area contributed by atoms with Gasteiger partial charge in [-0.05, 0) is 67.5 Å². The van der Waals surface area contributed by atoms with Crippen molar-refractivity contribution in [2.24, 2.45) is 23.7 Å². The molecule has 0 radical (unpaired) electrons. The molecule has 0 unspecified atom stereocenters. The van der Waals surface area contributed by atoms with Crippen molar-refractivity contribution in [2.45, 2.75) is 45.1 Å². The highest BCUT2D eigenvalue weighted by atomic mass is 16.5. The number of rotatable bonds is 4. The molecule has 2 aromatic rings. The van der Waals surface area contributed by atoms with Gasteiger partial charge in [0.1, 0.15) is 5.69 Å². The van der Waals surface area contributed by atoms with Crippen LogP contribution in [0.4, 0.5) is 0 Å². The van der Waals surface area contributed by atoms with Gasteiger partial charge in [-0.25, -0.2) is 4.98 Å². The van der Waals surface area contributed by atoms with Gasteiger partial charge in [-0.1, -0.05) is 36.4 Å². The summed E-state index contributed by atoms with van der Waals surface area (Å²) in [6.45, 7) is 7.49. The summed E-state index contributed by atoms with van der Waals surface area (Å²) in [4.78, 5) is 51.0. The highest BCUT2D eigenvalue weighted by molar-refractivity contribution is 5.92. The lowest BCUT2D eigenvalue weighted by Crippen LogP contribution is -2.48. The topological polar surface area (TPSA) is 104 Å². The highest BCUT2D eigenvalue weighted by Crippen LogP contribution is 2.34. The Hall–Kier alpha value is -3.50. The summed E-state index contributed by atoms with van der Waals surface area (Å²) < 4.78 is 11.5. The maximum absolute atomic E-state index is 13.9. The molecule has 45 heavy (non-hydrogen) atoms. The van der Waals surface area contributed by atoms with Crippen LogP contribution in [0.25, 0.3) is 0 Å². The predicted molar refractivity (Wildman–Crippen MR) is 169 cm³/mol. The van der Waals surface area contributed by atoms with Gasteiger partial charge in [0.15, 0.2) is 0 Å². The normalized spacial score (nSPS) is 27.1. The first-order valence-corrected chi connectivity index (χ1v) is 16.8. The van der Waals surface area contributed by atoms with Crippen molar-refractivity contribution in [1.82, 2.24) is 25.0 Å². The molecule has 1 N–H and O–H groups in total. The van der Waals surface area contributed by atoms with Crippen LogP contribution >= 0.6 is 0 Å². The SMILES string of the molecule is O=C1NCC[C@H]2CN(Cc3ccccc3)CC[C@H]2CC(=O)N2CC[C@@H](CC(=O)N3CCOCC3)[C@@H](CCOc3cccc1n3)C2. The Bertz CT molecular complexity index is 1300. The van der Waals surface area contributed by atoms with Crippen molar-refractivity contribution in [2.75, 3.05) is 65.6 Å². The molecular formula is C35H47N5O5. The fourth-order valence-corrected chi connectivity index (χ4v) is 7.56. The van der Waals surface area contributed by atoms with Crippen LogP contribution in [-0.4, -0.2) is 103 Å². The first-order valence-electron chi connectivity index (χ1n) is 16.8. The number of likely N-dealkylation sites (tertiary alicyclic amines) is 1. The Morgan fingerprint density at radius 2 is 1.69 bits per heavy atom. The minimum Gasteiger partial charge on any atom is -0.478 e. The molecule has 10 nitrogen and oxygen atoms in total. The van der Waals surface area contributed by atoms with Crippen LogP contribution in [0.2, 0.25) is 0 Å². The molecule has 6 rings (SSSR count). The average Bonchev–Trinajstić information content (AvgIpc) is 3.07. The summed E-state index contributed by atoms with van der Waals surface area (Å²) in [6.07, 6.45) is 4.31. The van der Waals surface area contributed by atoms with Gasteiger partial charge in [-0.15, -0.1) is 0 Å². The molecular weight excluding hydrogens is 570 g/mol. The molecule has 5 heterocycles. The monoisotopic (exact) mass is 617 g/mol. The van der Waals surface area contributed by atoms with Crippen molar-refractivity contribution in [3.05, 3.63) is 59.8 Å². The molecule has 1 aromatic carbocycles. The van der Waals surface area contributed by atoms with Gasteiger partial charge >= 0.3 is 0 Å². The van der Waals surface area contributed by atoms with E-state index in [1.54, 1.807) is 18.2 Å². The van der Waals surface area contributed by atoms with E-state index in [0.717, 1.165) is 38.9 Å². The van der Waals surface area contributed by atoms with E-state index in [2.05, 4.69) is 39.5 Å². The summed E-state index contributed by atoms with van der Waals surface area (Å²) in [5.41, 5.74) is 1.63. The molecule has 4 bridgehead atoms. The van der Waals surface area contributed by atoms with Gasteiger partial charge in [0.2, 0.25) is 17.7 Å². The van der Waals surface area contributed by atoms with Crippen LogP contribution in [-0.2, 0) is 20.9 Å². The molecule has 3 amide bonds. The smallest absolute Gasteiger partial charge is 0.270 e. The summed E-state index contributed by atoms with van der Waals surface area (Å²) in [5.74, 6) is 1.50. The zero-order chi connectivity index (χ0) is 31.0. The predicted octanol–water partition coefficient (Wildman–Crippen LogP) is 3.23. The molecule has 10 heteroatoms. The zero-order valence-electron chi connectivity index (χ0n) is 26.3. The zero-order valence-corrected chi connectivity index (χ0v) is 26.3. The van der Waals surface area contributed by atoms with E-state index in [9.17, 15) is 14.4 Å². The number of nitrogens with zero attached hydrogens (tertiary/aromatic N) is 4. The Kier molecular flexibility index (Phi) is 10.6. The minimum absolute atomic E-state index is 0.151. The van der Waals surface area contributed by atoms with E-state index in [-0.39, 0.29) is 35.5 Å². The average molecular weight is 618 g/mol. The van der Waals surface area contributed by atoms with Crippen LogP contribution < -0.4 is 10.1 Å². The third-order valence-corrected chi connectivity index (χ3v) is 10.2.